The van der Waals surface area contributed by atoms with Gasteiger partial charge in [0, 0.05) is 31.0 Å². The van der Waals surface area contributed by atoms with Gasteiger partial charge in [-0.05, 0) is 53.8 Å². The SMILES string of the molecule is O=C1CCc2cc(S(=O)(=O)NC(Cc3ccccc3)C(=O)NCc3cccnc3)ccc2N1. The van der Waals surface area contributed by atoms with Crippen LogP contribution in [0.15, 0.2) is 78.0 Å². The fraction of sp³-hybridized carbons (Fsp3) is 0.208. The van der Waals surface area contributed by atoms with Gasteiger partial charge in [0.15, 0.2) is 0 Å². The molecule has 9 heteroatoms. The van der Waals surface area contributed by atoms with Crippen LogP contribution < -0.4 is 15.4 Å². The van der Waals surface area contributed by atoms with Crippen LogP contribution in [0.1, 0.15) is 23.1 Å². The number of amides is 2. The zero-order chi connectivity index (χ0) is 23.3. The number of benzene rings is 2. The van der Waals surface area contributed by atoms with Gasteiger partial charge in [0.25, 0.3) is 0 Å². The van der Waals surface area contributed by atoms with E-state index in [1.165, 1.54) is 6.07 Å². The average Bonchev–Trinajstić information content (AvgIpc) is 2.83. The van der Waals surface area contributed by atoms with Gasteiger partial charge in [0.1, 0.15) is 6.04 Å². The zero-order valence-electron chi connectivity index (χ0n) is 17.8. The average molecular weight is 465 g/mol. The Morgan fingerprint density at radius 2 is 1.82 bits per heavy atom. The van der Waals surface area contributed by atoms with Crippen LogP contribution in [0.4, 0.5) is 5.69 Å². The van der Waals surface area contributed by atoms with Gasteiger partial charge in [0.2, 0.25) is 21.8 Å². The van der Waals surface area contributed by atoms with E-state index >= 15 is 0 Å². The molecule has 2 heterocycles. The summed E-state index contributed by atoms with van der Waals surface area (Å²) in [6.07, 6.45) is 4.24. The molecule has 2 aromatic carbocycles. The number of aromatic nitrogens is 1. The summed E-state index contributed by atoms with van der Waals surface area (Å²) in [7, 11) is -3.99. The first-order valence-electron chi connectivity index (χ1n) is 10.6. The molecule has 1 unspecified atom stereocenters. The lowest BCUT2D eigenvalue weighted by atomic mass is 10.0. The van der Waals surface area contributed by atoms with Gasteiger partial charge in [-0.2, -0.15) is 4.72 Å². The first-order valence-corrected chi connectivity index (χ1v) is 12.0. The number of nitrogens with one attached hydrogen (secondary N) is 3. The maximum atomic E-state index is 13.2. The van der Waals surface area contributed by atoms with Gasteiger partial charge in [-0.25, -0.2) is 8.42 Å². The molecule has 33 heavy (non-hydrogen) atoms. The minimum Gasteiger partial charge on any atom is -0.351 e. The molecule has 4 rings (SSSR count). The Labute approximate surface area is 192 Å². The summed E-state index contributed by atoms with van der Waals surface area (Å²) in [5.74, 6) is -0.527. The van der Waals surface area contributed by atoms with Crippen molar-refractivity contribution in [1.29, 1.82) is 0 Å². The Kier molecular flexibility index (Phi) is 6.81. The van der Waals surface area contributed by atoms with Crippen molar-refractivity contribution in [1.82, 2.24) is 15.0 Å². The number of rotatable bonds is 8. The lowest BCUT2D eigenvalue weighted by Gasteiger charge is -2.21. The molecular weight excluding hydrogens is 440 g/mol. The van der Waals surface area contributed by atoms with Crippen LogP contribution in [-0.4, -0.2) is 31.3 Å². The van der Waals surface area contributed by atoms with Crippen molar-refractivity contribution in [3.8, 4) is 0 Å². The van der Waals surface area contributed by atoms with Crippen LogP contribution in [0.2, 0.25) is 0 Å². The molecule has 170 valence electrons. The van der Waals surface area contributed by atoms with Crippen LogP contribution >= 0.6 is 0 Å². The molecule has 0 saturated heterocycles. The lowest BCUT2D eigenvalue weighted by Crippen LogP contribution is -2.47. The number of aryl methyl sites for hydroxylation is 1. The van der Waals surface area contributed by atoms with Crippen molar-refractivity contribution >= 4 is 27.5 Å². The van der Waals surface area contributed by atoms with Crippen molar-refractivity contribution in [2.45, 2.75) is 36.7 Å². The number of hydrogen-bond donors (Lipinski definition) is 3. The van der Waals surface area contributed by atoms with Crippen molar-refractivity contribution in [3.05, 3.63) is 89.7 Å². The van der Waals surface area contributed by atoms with Gasteiger partial charge in [-0.3, -0.25) is 14.6 Å². The molecule has 0 saturated carbocycles. The minimum absolute atomic E-state index is 0.0514. The predicted octanol–water partition coefficient (Wildman–Crippen LogP) is 2.17. The standard InChI is InChI=1S/C24H24N4O4S/c29-23-11-8-19-14-20(9-10-21(19)27-23)33(31,32)28-22(13-17-5-2-1-3-6-17)24(30)26-16-18-7-4-12-25-15-18/h1-7,9-10,12,14-15,22,28H,8,11,13,16H2,(H,26,30)(H,27,29). The van der Waals surface area contributed by atoms with E-state index < -0.39 is 22.0 Å². The molecular formula is C24H24N4O4S. The largest absolute Gasteiger partial charge is 0.351 e. The highest BCUT2D eigenvalue weighted by molar-refractivity contribution is 7.89. The molecule has 0 fully saturated rings. The molecule has 0 aliphatic carbocycles. The van der Waals surface area contributed by atoms with Crippen LogP contribution in [0.5, 0.6) is 0 Å². The van der Waals surface area contributed by atoms with E-state index in [2.05, 4.69) is 20.3 Å². The molecule has 3 N–H and O–H groups in total. The predicted molar refractivity (Wildman–Crippen MR) is 124 cm³/mol. The Morgan fingerprint density at radius 1 is 1.03 bits per heavy atom. The summed E-state index contributed by atoms with van der Waals surface area (Å²) in [4.78, 5) is 28.6. The van der Waals surface area contributed by atoms with Crippen molar-refractivity contribution in [3.63, 3.8) is 0 Å². The molecule has 1 aliphatic heterocycles. The zero-order valence-corrected chi connectivity index (χ0v) is 18.6. The highest BCUT2D eigenvalue weighted by Gasteiger charge is 2.27. The van der Waals surface area contributed by atoms with Crippen LogP contribution in [-0.2, 0) is 39.0 Å². The Morgan fingerprint density at radius 3 is 2.58 bits per heavy atom. The number of hydrogen-bond acceptors (Lipinski definition) is 5. The third kappa shape index (κ3) is 5.82. The van der Waals surface area contributed by atoms with E-state index in [9.17, 15) is 18.0 Å². The van der Waals surface area contributed by atoms with Crippen LogP contribution in [0.3, 0.4) is 0 Å². The second-order valence-corrected chi connectivity index (χ2v) is 9.52. The van der Waals surface area contributed by atoms with E-state index in [0.717, 1.165) is 16.7 Å². The van der Waals surface area contributed by atoms with Crippen LogP contribution in [0.25, 0.3) is 0 Å². The number of pyridine rings is 1. The summed E-state index contributed by atoms with van der Waals surface area (Å²) in [6.45, 7) is 0.234. The van der Waals surface area contributed by atoms with Gasteiger partial charge < -0.3 is 10.6 Å². The molecule has 1 aromatic heterocycles. The Hall–Kier alpha value is -3.56. The lowest BCUT2D eigenvalue weighted by molar-refractivity contribution is -0.123. The Bertz CT molecular complexity index is 1250. The maximum Gasteiger partial charge on any atom is 0.241 e. The smallest absolute Gasteiger partial charge is 0.241 e. The van der Waals surface area contributed by atoms with Crippen LogP contribution in [0, 0.1) is 0 Å². The summed E-state index contributed by atoms with van der Waals surface area (Å²) in [5, 5.41) is 5.53. The molecule has 0 bridgehead atoms. The number of nitrogens with zero attached hydrogens (tertiary/aromatic N) is 1. The molecule has 3 aromatic rings. The van der Waals surface area contributed by atoms with Crippen molar-refractivity contribution in [2.75, 3.05) is 5.32 Å². The normalized spacial score (nSPS) is 14.1. The number of anilines is 1. The Balaban J connectivity index is 1.54. The van der Waals surface area contributed by atoms with E-state index in [1.54, 1.807) is 30.6 Å². The highest BCUT2D eigenvalue weighted by atomic mass is 32.2. The number of fused-ring (bicyclic) bond motifs is 1. The minimum atomic E-state index is -3.99. The van der Waals surface area contributed by atoms with Gasteiger partial charge >= 0.3 is 0 Å². The van der Waals surface area contributed by atoms with Gasteiger partial charge in [-0.15, -0.1) is 0 Å². The van der Waals surface area contributed by atoms with Crippen molar-refractivity contribution in [2.24, 2.45) is 0 Å². The van der Waals surface area contributed by atoms with E-state index in [1.807, 2.05) is 36.4 Å². The number of carbonyl (C=O) groups excluding carboxylic acids is 2. The summed E-state index contributed by atoms with van der Waals surface area (Å²) >= 11 is 0. The molecule has 1 atom stereocenters. The number of carbonyl (C=O) groups is 2. The molecule has 2 amide bonds. The fourth-order valence-corrected chi connectivity index (χ4v) is 4.88. The highest BCUT2D eigenvalue weighted by Crippen LogP contribution is 2.25. The first kappa shape index (κ1) is 22.6. The molecule has 0 spiro atoms. The number of sulfonamides is 1. The topological polar surface area (TPSA) is 117 Å². The maximum absolute atomic E-state index is 13.2. The quantitative estimate of drug-likeness (QED) is 0.472. The van der Waals surface area contributed by atoms with Gasteiger partial charge in [-0.1, -0.05) is 36.4 Å². The first-order chi connectivity index (χ1) is 15.9. The fourth-order valence-electron chi connectivity index (χ4n) is 3.64. The third-order valence-electron chi connectivity index (χ3n) is 5.37. The van der Waals surface area contributed by atoms with E-state index in [4.69, 9.17) is 0 Å². The third-order valence-corrected chi connectivity index (χ3v) is 6.84. The second-order valence-electron chi connectivity index (χ2n) is 7.81. The molecule has 0 radical (unpaired) electrons. The van der Waals surface area contributed by atoms with E-state index in [0.29, 0.717) is 18.5 Å². The molecule has 8 nitrogen and oxygen atoms in total. The van der Waals surface area contributed by atoms with Crippen molar-refractivity contribution < 1.29 is 18.0 Å². The molecule has 1 aliphatic rings. The summed E-state index contributed by atoms with van der Waals surface area (Å²) in [5.41, 5.74) is 3.00. The van der Waals surface area contributed by atoms with E-state index in [-0.39, 0.29) is 23.8 Å². The summed E-state index contributed by atoms with van der Waals surface area (Å²) in [6, 6.07) is 16.4. The monoisotopic (exact) mass is 464 g/mol. The summed E-state index contributed by atoms with van der Waals surface area (Å²) < 4.78 is 28.9. The second kappa shape index (κ2) is 9.93. The van der Waals surface area contributed by atoms with Gasteiger partial charge in [0.05, 0.1) is 4.90 Å².